The molecule has 0 heterocycles. The molecule has 1 amide bonds. The summed E-state index contributed by atoms with van der Waals surface area (Å²) in [5, 5.41) is 13.8. The van der Waals surface area contributed by atoms with Crippen molar-refractivity contribution < 1.29 is 32.9 Å². The molecule has 0 fully saturated rings. The number of hydrogen-bond donors (Lipinski definition) is 2. The average Bonchev–Trinajstić information content (AvgIpc) is 3.31. The maximum atomic E-state index is 12.9. The van der Waals surface area contributed by atoms with Crippen molar-refractivity contribution in [3.8, 4) is 0 Å². The molecule has 8 nitrogen and oxygen atoms in total. The van der Waals surface area contributed by atoms with Gasteiger partial charge in [0.05, 0.1) is 39.9 Å². The second kappa shape index (κ2) is 51.6. The zero-order chi connectivity index (χ0) is 50.6. The molecule has 0 rings (SSSR count). The summed E-state index contributed by atoms with van der Waals surface area (Å²) >= 11 is 0. The summed E-state index contributed by atoms with van der Waals surface area (Å²) in [6, 6.07) is -0.882. The van der Waals surface area contributed by atoms with Crippen LogP contribution in [-0.4, -0.2) is 68.5 Å². The smallest absolute Gasteiger partial charge is 0.268 e. The van der Waals surface area contributed by atoms with E-state index in [-0.39, 0.29) is 19.1 Å². The Kier molecular flexibility index (Phi) is 50.7. The Morgan fingerprint density at radius 3 is 1.20 bits per heavy atom. The second-order valence-electron chi connectivity index (χ2n) is 21.7. The zero-order valence-corrected chi connectivity index (χ0v) is 47.4. The maximum Gasteiger partial charge on any atom is 0.268 e. The number of rotatable bonds is 55. The summed E-state index contributed by atoms with van der Waals surface area (Å²) in [6.45, 7) is 4.64. The van der Waals surface area contributed by atoms with Gasteiger partial charge in [0.15, 0.2) is 0 Å². The van der Waals surface area contributed by atoms with Crippen LogP contribution < -0.4 is 10.2 Å². The molecule has 3 atom stereocenters. The minimum Gasteiger partial charge on any atom is -0.756 e. The number of amides is 1. The van der Waals surface area contributed by atoms with E-state index in [0.29, 0.717) is 17.4 Å². The van der Waals surface area contributed by atoms with Gasteiger partial charge in [-0.25, -0.2) is 0 Å². The highest BCUT2D eigenvalue weighted by Gasteiger charge is 2.23. The number of aliphatic hydroxyl groups excluding tert-OH is 1. The molecule has 3 unspecified atom stereocenters. The predicted molar refractivity (Wildman–Crippen MR) is 298 cm³/mol. The number of carbonyl (C=O) groups is 1. The molecule has 0 bridgehead atoms. The number of phosphoric ester groups is 1. The summed E-state index contributed by atoms with van der Waals surface area (Å²) < 4.78 is 23.2. The quantitative estimate of drug-likeness (QED) is 0.0272. The van der Waals surface area contributed by atoms with E-state index < -0.39 is 20.0 Å². The molecule has 0 aliphatic heterocycles. The molecule has 0 radical (unpaired) electrons. The third-order valence-electron chi connectivity index (χ3n) is 13.6. The standard InChI is InChI=1S/C60H117N2O6P/c1-6-8-10-12-14-16-18-19-20-21-22-23-24-25-26-27-28-29-30-31-32-33-34-35-36-37-38-39-40-41-42-43-44-46-48-50-52-54-60(64)61-58(57-68-69(65,66)67-56-55-62(3,4)5)59(63)53-51-49-47-45-17-15-13-11-9-7-2/h18-19,21-22,51,53,58-59,63H,6-17,20,23-50,52,54-57H2,1-5H3,(H-,61,64,65,66)/b19-18-,22-21-,53-51+. The normalized spacial score (nSPS) is 14.1. The molecule has 0 aliphatic rings. The van der Waals surface area contributed by atoms with E-state index in [2.05, 4.69) is 43.5 Å². The third-order valence-corrected chi connectivity index (χ3v) is 14.6. The topological polar surface area (TPSA) is 108 Å². The fraction of sp³-hybridized carbons (Fsp3) is 0.883. The molecule has 0 saturated heterocycles. The maximum absolute atomic E-state index is 12.9. The third kappa shape index (κ3) is 54.3. The first-order valence-corrected chi connectivity index (χ1v) is 31.3. The van der Waals surface area contributed by atoms with Gasteiger partial charge in [-0.2, -0.15) is 0 Å². The van der Waals surface area contributed by atoms with Crippen LogP contribution in [0.15, 0.2) is 36.5 Å². The Labute approximate surface area is 429 Å². The summed E-state index contributed by atoms with van der Waals surface area (Å²) in [4.78, 5) is 25.4. The Bertz CT molecular complexity index is 1220. The second-order valence-corrected chi connectivity index (χ2v) is 23.1. The lowest BCUT2D eigenvalue weighted by molar-refractivity contribution is -0.870. The Balaban J connectivity index is 3.84. The van der Waals surface area contributed by atoms with Crippen LogP contribution in [0.2, 0.25) is 0 Å². The monoisotopic (exact) mass is 993 g/mol. The Morgan fingerprint density at radius 1 is 0.507 bits per heavy atom. The molecule has 0 saturated carbocycles. The number of likely N-dealkylation sites (N-methyl/N-ethyl adjacent to an activating group) is 1. The first-order chi connectivity index (χ1) is 33.5. The molecular formula is C60H117N2O6P. The fourth-order valence-electron chi connectivity index (χ4n) is 8.89. The first kappa shape index (κ1) is 67.7. The van der Waals surface area contributed by atoms with Crippen LogP contribution in [-0.2, 0) is 18.4 Å². The van der Waals surface area contributed by atoms with Gasteiger partial charge in [-0.1, -0.05) is 269 Å². The molecule has 2 N–H and O–H groups in total. The highest BCUT2D eigenvalue weighted by atomic mass is 31.2. The van der Waals surface area contributed by atoms with E-state index in [4.69, 9.17) is 9.05 Å². The van der Waals surface area contributed by atoms with E-state index in [0.717, 1.165) is 44.9 Å². The number of nitrogens with one attached hydrogen (secondary N) is 1. The van der Waals surface area contributed by atoms with Crippen molar-refractivity contribution in [3.05, 3.63) is 36.5 Å². The number of quaternary nitrogens is 1. The number of hydrogen-bond acceptors (Lipinski definition) is 6. The van der Waals surface area contributed by atoms with Gasteiger partial charge in [0.25, 0.3) is 7.82 Å². The van der Waals surface area contributed by atoms with E-state index in [1.54, 1.807) is 6.08 Å². The van der Waals surface area contributed by atoms with Gasteiger partial charge >= 0.3 is 0 Å². The lowest BCUT2D eigenvalue weighted by Gasteiger charge is -2.29. The van der Waals surface area contributed by atoms with Crippen molar-refractivity contribution in [2.24, 2.45) is 0 Å². The van der Waals surface area contributed by atoms with Gasteiger partial charge in [-0.3, -0.25) is 9.36 Å². The number of carbonyl (C=O) groups excluding carboxylic acids is 1. The van der Waals surface area contributed by atoms with Gasteiger partial charge in [-0.05, 0) is 51.4 Å². The van der Waals surface area contributed by atoms with E-state index in [1.165, 1.54) is 225 Å². The minimum atomic E-state index is -4.59. The fourth-order valence-corrected chi connectivity index (χ4v) is 9.61. The average molecular weight is 994 g/mol. The molecule has 0 aromatic carbocycles. The number of nitrogens with zero attached hydrogens (tertiary/aromatic N) is 1. The van der Waals surface area contributed by atoms with Crippen molar-refractivity contribution in [3.63, 3.8) is 0 Å². The van der Waals surface area contributed by atoms with Crippen LogP contribution in [0.5, 0.6) is 0 Å². The number of phosphoric acid groups is 1. The molecule has 0 spiro atoms. The molecule has 0 aromatic heterocycles. The SMILES string of the molecule is CCCCCCC/C=C\C/C=C\CCCCCCCCCCCCCCCCCCCCCCCCCCCC(=O)NC(COP(=O)([O-])OCC[N+](C)(C)C)C(O)/C=C/CCCCCCCCCC. The summed E-state index contributed by atoms with van der Waals surface area (Å²) in [5.74, 6) is -0.195. The van der Waals surface area contributed by atoms with Crippen LogP contribution in [0.3, 0.4) is 0 Å². The number of unbranched alkanes of at least 4 members (excludes halogenated alkanes) is 38. The van der Waals surface area contributed by atoms with Crippen LogP contribution in [0.25, 0.3) is 0 Å². The van der Waals surface area contributed by atoms with Crippen molar-refractivity contribution in [2.75, 3.05) is 40.9 Å². The zero-order valence-electron chi connectivity index (χ0n) is 46.5. The number of aliphatic hydroxyl groups is 1. The van der Waals surface area contributed by atoms with Crippen molar-refractivity contribution in [1.29, 1.82) is 0 Å². The minimum absolute atomic E-state index is 0.000726. The van der Waals surface area contributed by atoms with Gasteiger partial charge in [0.2, 0.25) is 5.91 Å². The first-order valence-electron chi connectivity index (χ1n) is 29.9. The van der Waals surface area contributed by atoms with E-state index in [9.17, 15) is 19.4 Å². The molecule has 0 aliphatic carbocycles. The lowest BCUT2D eigenvalue weighted by Crippen LogP contribution is -2.45. The van der Waals surface area contributed by atoms with Crippen molar-refractivity contribution in [1.82, 2.24) is 5.32 Å². The van der Waals surface area contributed by atoms with Crippen LogP contribution in [0.1, 0.15) is 290 Å². The number of allylic oxidation sites excluding steroid dienone is 5. The lowest BCUT2D eigenvalue weighted by atomic mass is 10.0. The molecular weight excluding hydrogens is 876 g/mol. The van der Waals surface area contributed by atoms with Gasteiger partial charge < -0.3 is 28.8 Å². The molecule has 0 aromatic rings. The molecule has 9 heteroatoms. The largest absolute Gasteiger partial charge is 0.756 e. The van der Waals surface area contributed by atoms with E-state index in [1.807, 2.05) is 27.2 Å². The Hall–Kier alpha value is -1.28. The van der Waals surface area contributed by atoms with Gasteiger partial charge in [-0.15, -0.1) is 0 Å². The summed E-state index contributed by atoms with van der Waals surface area (Å²) in [7, 11) is 1.27. The predicted octanol–water partition coefficient (Wildman–Crippen LogP) is 17.5. The summed E-state index contributed by atoms with van der Waals surface area (Å²) in [6.07, 6.45) is 66.9. The van der Waals surface area contributed by atoms with Crippen molar-refractivity contribution in [2.45, 2.75) is 302 Å². The Morgan fingerprint density at radius 2 is 0.841 bits per heavy atom. The van der Waals surface area contributed by atoms with E-state index >= 15 is 0 Å². The van der Waals surface area contributed by atoms with Crippen LogP contribution >= 0.6 is 7.82 Å². The summed E-state index contributed by atoms with van der Waals surface area (Å²) in [5.41, 5.74) is 0. The van der Waals surface area contributed by atoms with Crippen LogP contribution in [0, 0.1) is 0 Å². The van der Waals surface area contributed by atoms with Crippen LogP contribution in [0.4, 0.5) is 0 Å². The van der Waals surface area contributed by atoms with Crippen molar-refractivity contribution >= 4 is 13.7 Å². The molecule has 69 heavy (non-hydrogen) atoms. The highest BCUT2D eigenvalue weighted by Crippen LogP contribution is 2.38. The van der Waals surface area contributed by atoms with Gasteiger partial charge in [0.1, 0.15) is 13.2 Å². The van der Waals surface area contributed by atoms with Gasteiger partial charge in [0, 0.05) is 6.42 Å². The molecule has 408 valence electrons. The highest BCUT2D eigenvalue weighted by molar-refractivity contribution is 7.45.